The van der Waals surface area contributed by atoms with E-state index in [1.807, 2.05) is 32.2 Å². The summed E-state index contributed by atoms with van der Waals surface area (Å²) in [6.45, 7) is 6.11. The van der Waals surface area contributed by atoms with E-state index in [0.29, 0.717) is 26.1 Å². The highest BCUT2D eigenvalue weighted by Crippen LogP contribution is 2.15. The Kier molecular flexibility index (Phi) is 5.81. The quantitative estimate of drug-likeness (QED) is 0.759. The summed E-state index contributed by atoms with van der Waals surface area (Å²) in [4.78, 5) is 11.8. The van der Waals surface area contributed by atoms with Gasteiger partial charge >= 0.3 is 0 Å². The zero-order chi connectivity index (χ0) is 15.1. The minimum absolute atomic E-state index is 0.0947. The highest BCUT2D eigenvalue weighted by Gasteiger charge is 2.04. The summed E-state index contributed by atoms with van der Waals surface area (Å²) in [5.41, 5.74) is 1.18. The van der Waals surface area contributed by atoms with Crippen LogP contribution < -0.4 is 5.32 Å². The predicted molar refractivity (Wildman–Crippen MR) is 85.3 cm³/mol. The van der Waals surface area contributed by atoms with Crippen molar-refractivity contribution in [3.63, 3.8) is 0 Å². The van der Waals surface area contributed by atoms with Gasteiger partial charge in [-0.3, -0.25) is 4.79 Å². The molecule has 21 heavy (non-hydrogen) atoms. The lowest BCUT2D eigenvalue weighted by Gasteiger charge is -2.09. The van der Waals surface area contributed by atoms with Gasteiger partial charge in [-0.1, -0.05) is 18.2 Å². The van der Waals surface area contributed by atoms with Crippen LogP contribution >= 0.6 is 0 Å². The zero-order valence-electron chi connectivity index (χ0n) is 12.8. The van der Waals surface area contributed by atoms with Gasteiger partial charge in [-0.15, -0.1) is 0 Å². The summed E-state index contributed by atoms with van der Waals surface area (Å²) < 4.78 is 7.56. The van der Waals surface area contributed by atoms with Crippen molar-refractivity contribution >= 4 is 16.8 Å². The molecule has 0 unspecified atom stereocenters. The Hall–Kier alpha value is -1.81. The molecular weight excluding hydrogens is 264 g/mol. The lowest BCUT2D eigenvalue weighted by Crippen LogP contribution is -2.26. The predicted octanol–water partition coefficient (Wildman–Crippen LogP) is 2.96. The van der Waals surface area contributed by atoms with Crippen LogP contribution in [0, 0.1) is 0 Å². The Labute approximate surface area is 126 Å². The second-order valence-electron chi connectivity index (χ2n) is 5.44. The van der Waals surface area contributed by atoms with Crippen molar-refractivity contribution < 1.29 is 9.53 Å². The number of para-hydroxylation sites is 1. The Morgan fingerprint density at radius 3 is 2.90 bits per heavy atom. The summed E-state index contributed by atoms with van der Waals surface area (Å²) in [6.07, 6.45) is 3.65. The van der Waals surface area contributed by atoms with Crippen molar-refractivity contribution in [2.45, 2.75) is 39.3 Å². The van der Waals surface area contributed by atoms with E-state index in [9.17, 15) is 4.79 Å². The van der Waals surface area contributed by atoms with Crippen LogP contribution in [0.4, 0.5) is 0 Å². The molecule has 4 nitrogen and oxygen atoms in total. The lowest BCUT2D eigenvalue weighted by molar-refractivity contribution is -0.121. The van der Waals surface area contributed by atoms with Crippen molar-refractivity contribution in [3.05, 3.63) is 36.5 Å². The number of ether oxygens (including phenoxy) is 1. The molecule has 0 aliphatic rings. The van der Waals surface area contributed by atoms with Gasteiger partial charge < -0.3 is 14.6 Å². The van der Waals surface area contributed by atoms with Crippen molar-refractivity contribution in [1.82, 2.24) is 9.88 Å². The van der Waals surface area contributed by atoms with Crippen LogP contribution in [0.15, 0.2) is 36.5 Å². The third kappa shape index (κ3) is 4.90. The third-order valence-electron chi connectivity index (χ3n) is 3.35. The largest absolute Gasteiger partial charge is 0.379 e. The number of amides is 1. The number of hydrogen-bond donors (Lipinski definition) is 1. The maximum absolute atomic E-state index is 11.8. The number of carbonyl (C=O) groups excluding carboxylic acids is 1. The molecule has 0 fully saturated rings. The van der Waals surface area contributed by atoms with Crippen molar-refractivity contribution in [1.29, 1.82) is 0 Å². The van der Waals surface area contributed by atoms with Gasteiger partial charge in [-0.25, -0.2) is 0 Å². The molecule has 0 radical (unpaired) electrons. The first-order chi connectivity index (χ1) is 10.2. The topological polar surface area (TPSA) is 43.3 Å². The van der Waals surface area contributed by atoms with Gasteiger partial charge in [0.15, 0.2) is 0 Å². The molecule has 2 rings (SSSR count). The third-order valence-corrected chi connectivity index (χ3v) is 3.35. The average molecular weight is 288 g/mol. The van der Waals surface area contributed by atoms with Gasteiger partial charge in [0, 0.05) is 37.8 Å². The van der Waals surface area contributed by atoms with Crippen LogP contribution in [0.3, 0.4) is 0 Å². The lowest BCUT2D eigenvalue weighted by atomic mass is 10.2. The molecule has 0 saturated carbocycles. The fourth-order valence-corrected chi connectivity index (χ4v) is 2.26. The molecule has 0 spiro atoms. The molecule has 1 aromatic heterocycles. The van der Waals surface area contributed by atoms with E-state index >= 15 is 0 Å². The molecule has 0 aliphatic carbocycles. The number of nitrogens with zero attached hydrogens (tertiary/aromatic N) is 1. The summed E-state index contributed by atoms with van der Waals surface area (Å²) in [6, 6.07) is 10.3. The molecule has 2 aromatic rings. The van der Waals surface area contributed by atoms with Crippen LogP contribution in [0.25, 0.3) is 10.9 Å². The fraction of sp³-hybridized carbons (Fsp3) is 0.471. The molecule has 114 valence electrons. The SMILES string of the molecule is CC(C)OCCCNC(=O)CCn1ccc2ccccc21. The highest BCUT2D eigenvalue weighted by molar-refractivity contribution is 5.80. The fourth-order valence-electron chi connectivity index (χ4n) is 2.26. The summed E-state index contributed by atoms with van der Waals surface area (Å²) in [5.74, 6) is 0.0947. The van der Waals surface area contributed by atoms with Crippen molar-refractivity contribution in [2.75, 3.05) is 13.2 Å². The molecule has 1 heterocycles. The molecular formula is C17H24N2O2. The maximum Gasteiger partial charge on any atom is 0.221 e. The van der Waals surface area contributed by atoms with Gasteiger partial charge in [-0.05, 0) is 37.8 Å². The molecule has 0 atom stereocenters. The normalized spacial score (nSPS) is 11.2. The smallest absolute Gasteiger partial charge is 0.221 e. The van der Waals surface area contributed by atoms with Crippen LogP contribution in [0.2, 0.25) is 0 Å². The first-order valence-corrected chi connectivity index (χ1v) is 7.59. The maximum atomic E-state index is 11.8. The Balaban J connectivity index is 1.69. The number of aryl methyl sites for hydroxylation is 1. The van der Waals surface area contributed by atoms with Crippen LogP contribution in [0.1, 0.15) is 26.7 Å². The Morgan fingerprint density at radius 2 is 2.10 bits per heavy atom. The second-order valence-corrected chi connectivity index (χ2v) is 5.44. The first-order valence-electron chi connectivity index (χ1n) is 7.59. The van der Waals surface area contributed by atoms with Gasteiger partial charge in [0.2, 0.25) is 5.91 Å². The van der Waals surface area contributed by atoms with E-state index in [0.717, 1.165) is 6.42 Å². The number of aromatic nitrogens is 1. The minimum Gasteiger partial charge on any atom is -0.379 e. The minimum atomic E-state index is 0.0947. The molecule has 1 N–H and O–H groups in total. The van der Waals surface area contributed by atoms with E-state index < -0.39 is 0 Å². The van der Waals surface area contributed by atoms with Gasteiger partial charge in [0.1, 0.15) is 0 Å². The average Bonchev–Trinajstić information content (AvgIpc) is 2.87. The van der Waals surface area contributed by atoms with Gasteiger partial charge in [0.25, 0.3) is 0 Å². The molecule has 1 aromatic carbocycles. The Bertz CT molecular complexity index is 575. The summed E-state index contributed by atoms with van der Waals surface area (Å²) in [5, 5.41) is 4.15. The molecule has 1 amide bonds. The summed E-state index contributed by atoms with van der Waals surface area (Å²) >= 11 is 0. The van der Waals surface area contributed by atoms with Crippen LogP contribution in [0.5, 0.6) is 0 Å². The van der Waals surface area contributed by atoms with E-state index in [2.05, 4.69) is 28.1 Å². The van der Waals surface area contributed by atoms with Gasteiger partial charge in [0.05, 0.1) is 6.10 Å². The number of nitrogens with one attached hydrogen (secondary N) is 1. The number of fused-ring (bicyclic) bond motifs is 1. The standard InChI is InChI=1S/C17H24N2O2/c1-14(2)21-13-5-10-18-17(20)9-12-19-11-8-15-6-3-4-7-16(15)19/h3-4,6-8,11,14H,5,9-10,12-13H2,1-2H3,(H,18,20). The van der Waals surface area contributed by atoms with E-state index in [1.165, 1.54) is 10.9 Å². The first kappa shape index (κ1) is 15.6. The molecule has 0 bridgehead atoms. The zero-order valence-corrected chi connectivity index (χ0v) is 12.8. The van der Waals surface area contributed by atoms with Gasteiger partial charge in [-0.2, -0.15) is 0 Å². The van der Waals surface area contributed by atoms with E-state index in [-0.39, 0.29) is 12.0 Å². The van der Waals surface area contributed by atoms with Crippen LogP contribution in [-0.2, 0) is 16.1 Å². The number of rotatable bonds is 8. The monoisotopic (exact) mass is 288 g/mol. The summed E-state index contributed by atoms with van der Waals surface area (Å²) in [7, 11) is 0. The molecule has 4 heteroatoms. The van der Waals surface area contributed by atoms with Crippen LogP contribution in [-0.4, -0.2) is 29.7 Å². The van der Waals surface area contributed by atoms with Crippen molar-refractivity contribution in [2.24, 2.45) is 0 Å². The highest BCUT2D eigenvalue weighted by atomic mass is 16.5. The van der Waals surface area contributed by atoms with E-state index in [1.54, 1.807) is 0 Å². The molecule has 0 aliphatic heterocycles. The number of benzene rings is 1. The molecule has 0 saturated heterocycles. The number of hydrogen-bond acceptors (Lipinski definition) is 2. The van der Waals surface area contributed by atoms with E-state index in [4.69, 9.17) is 4.74 Å². The Morgan fingerprint density at radius 1 is 1.29 bits per heavy atom. The second kappa shape index (κ2) is 7.84. The van der Waals surface area contributed by atoms with Crippen molar-refractivity contribution in [3.8, 4) is 0 Å². The number of carbonyl (C=O) groups is 1.